The van der Waals surface area contributed by atoms with Crippen molar-refractivity contribution < 1.29 is 23.8 Å². The summed E-state index contributed by atoms with van der Waals surface area (Å²) in [6, 6.07) is 15.5. The average Bonchev–Trinajstić information content (AvgIpc) is 3.34. The molecule has 7 nitrogen and oxygen atoms in total. The summed E-state index contributed by atoms with van der Waals surface area (Å²) >= 11 is 0. The van der Waals surface area contributed by atoms with Crippen LogP contribution in [-0.2, 0) is 4.79 Å². The fourth-order valence-electron chi connectivity index (χ4n) is 4.16. The molecule has 2 aromatic carbocycles. The second-order valence-electron chi connectivity index (χ2n) is 8.30. The minimum Gasteiger partial charge on any atom is -0.503 e. The minimum atomic E-state index is -0.712. The van der Waals surface area contributed by atoms with Gasteiger partial charge in [0.1, 0.15) is 11.3 Å². The maximum Gasteiger partial charge on any atom is 0.290 e. The average molecular weight is 449 g/mol. The van der Waals surface area contributed by atoms with Gasteiger partial charge in [0.2, 0.25) is 5.78 Å². The van der Waals surface area contributed by atoms with E-state index in [0.717, 1.165) is 17.5 Å². The Labute approximate surface area is 192 Å². The molecule has 1 aromatic heterocycles. The van der Waals surface area contributed by atoms with Gasteiger partial charge in [0.15, 0.2) is 11.5 Å². The first kappa shape index (κ1) is 22.6. The smallest absolute Gasteiger partial charge is 0.290 e. The molecular formula is C26H28N2O5. The van der Waals surface area contributed by atoms with Crippen molar-refractivity contribution in [3.05, 3.63) is 77.3 Å². The molecule has 1 unspecified atom stereocenters. The highest BCUT2D eigenvalue weighted by atomic mass is 16.5. The molecule has 0 fully saturated rings. The highest BCUT2D eigenvalue weighted by Crippen LogP contribution is 2.40. The highest BCUT2D eigenvalue weighted by molar-refractivity contribution is 6.16. The number of carbonyl (C=O) groups excluding carboxylic acids is 2. The zero-order chi connectivity index (χ0) is 23.5. The number of fused-ring (bicyclic) bond motifs is 1. The van der Waals surface area contributed by atoms with Gasteiger partial charge in [0.05, 0.1) is 18.2 Å². The third-order valence-corrected chi connectivity index (χ3v) is 5.71. The molecule has 1 aliphatic rings. The standard InChI is InChI=1S/C26H28N2O5/c1-4-32-19-12-10-17(11-13-19)23-22(25(30)26(31)28(23)15-7-14-27(2)3)24(29)21-16-18-8-5-6-9-20(18)33-21/h5-6,8-13,16,23,30H,4,7,14-15H2,1-3H3. The lowest BCUT2D eigenvalue weighted by atomic mass is 9.95. The van der Waals surface area contributed by atoms with E-state index in [-0.39, 0.29) is 11.3 Å². The van der Waals surface area contributed by atoms with Crippen LogP contribution in [0.3, 0.4) is 0 Å². The van der Waals surface area contributed by atoms with Crippen LogP contribution in [0.2, 0.25) is 0 Å². The van der Waals surface area contributed by atoms with E-state index in [1.807, 2.05) is 56.3 Å². The summed E-state index contributed by atoms with van der Waals surface area (Å²) in [6.45, 7) is 3.61. The number of hydrogen-bond acceptors (Lipinski definition) is 6. The molecule has 0 saturated carbocycles. The summed E-state index contributed by atoms with van der Waals surface area (Å²) in [5.41, 5.74) is 1.33. The molecule has 1 N–H and O–H groups in total. The van der Waals surface area contributed by atoms with Crippen LogP contribution in [0.1, 0.15) is 35.5 Å². The third kappa shape index (κ3) is 4.50. The molecule has 33 heavy (non-hydrogen) atoms. The van der Waals surface area contributed by atoms with Crippen LogP contribution < -0.4 is 4.74 Å². The number of hydrogen-bond donors (Lipinski definition) is 1. The van der Waals surface area contributed by atoms with Crippen LogP contribution in [0, 0.1) is 0 Å². The van der Waals surface area contributed by atoms with E-state index >= 15 is 0 Å². The topological polar surface area (TPSA) is 83.2 Å². The van der Waals surface area contributed by atoms with E-state index in [1.54, 1.807) is 29.2 Å². The number of nitrogens with zero attached hydrogens (tertiary/aromatic N) is 2. The quantitative estimate of drug-likeness (QED) is 0.490. The number of amides is 1. The maximum atomic E-state index is 13.5. The summed E-state index contributed by atoms with van der Waals surface area (Å²) in [5, 5.41) is 11.6. The van der Waals surface area contributed by atoms with E-state index in [2.05, 4.69) is 0 Å². The van der Waals surface area contributed by atoms with E-state index in [0.29, 0.717) is 30.9 Å². The lowest BCUT2D eigenvalue weighted by Gasteiger charge is -2.27. The Balaban J connectivity index is 1.72. The number of aliphatic hydroxyl groups excluding tert-OH is 1. The van der Waals surface area contributed by atoms with Crippen molar-refractivity contribution in [2.24, 2.45) is 0 Å². The van der Waals surface area contributed by atoms with Crippen molar-refractivity contribution in [1.82, 2.24) is 9.80 Å². The summed E-state index contributed by atoms with van der Waals surface area (Å²) in [4.78, 5) is 30.2. The van der Waals surface area contributed by atoms with Gasteiger partial charge in [-0.05, 0) is 63.8 Å². The van der Waals surface area contributed by atoms with Gasteiger partial charge in [-0.3, -0.25) is 9.59 Å². The SMILES string of the molecule is CCOc1ccc(C2C(C(=O)c3cc4ccccc4o3)=C(O)C(=O)N2CCCN(C)C)cc1. The van der Waals surface area contributed by atoms with E-state index in [4.69, 9.17) is 9.15 Å². The molecular weight excluding hydrogens is 420 g/mol. The van der Waals surface area contributed by atoms with Gasteiger partial charge >= 0.3 is 0 Å². The Bertz CT molecular complexity index is 1160. The summed E-state index contributed by atoms with van der Waals surface area (Å²) in [5.74, 6) is -0.776. The van der Waals surface area contributed by atoms with Crippen LogP contribution in [0.5, 0.6) is 5.75 Å². The molecule has 1 atom stereocenters. The molecule has 0 aliphatic carbocycles. The number of ketones is 1. The fourth-order valence-corrected chi connectivity index (χ4v) is 4.16. The van der Waals surface area contributed by atoms with Gasteiger partial charge in [-0.25, -0.2) is 0 Å². The van der Waals surface area contributed by atoms with Crippen molar-refractivity contribution in [3.63, 3.8) is 0 Å². The predicted octanol–water partition coefficient (Wildman–Crippen LogP) is 4.36. The Morgan fingerprint density at radius 2 is 1.88 bits per heavy atom. The molecule has 0 saturated heterocycles. The van der Waals surface area contributed by atoms with Crippen molar-refractivity contribution in [3.8, 4) is 5.75 Å². The highest BCUT2D eigenvalue weighted by Gasteiger charge is 2.44. The lowest BCUT2D eigenvalue weighted by Crippen LogP contribution is -2.33. The predicted molar refractivity (Wildman–Crippen MR) is 125 cm³/mol. The first-order chi connectivity index (χ1) is 15.9. The normalized spacial score (nSPS) is 16.3. The van der Waals surface area contributed by atoms with E-state index in [1.165, 1.54) is 0 Å². The molecule has 2 heterocycles. The molecule has 1 amide bonds. The first-order valence-electron chi connectivity index (χ1n) is 11.1. The summed E-state index contributed by atoms with van der Waals surface area (Å²) in [7, 11) is 3.92. The van der Waals surface area contributed by atoms with Crippen LogP contribution in [0.4, 0.5) is 0 Å². The van der Waals surface area contributed by atoms with Crippen molar-refractivity contribution >= 4 is 22.7 Å². The third-order valence-electron chi connectivity index (χ3n) is 5.71. The number of aliphatic hydroxyl groups is 1. The molecule has 7 heteroatoms. The van der Waals surface area contributed by atoms with Gasteiger partial charge in [-0.15, -0.1) is 0 Å². The number of rotatable bonds is 9. The monoisotopic (exact) mass is 448 g/mol. The molecule has 1 aliphatic heterocycles. The van der Waals surface area contributed by atoms with Crippen molar-refractivity contribution in [2.45, 2.75) is 19.4 Å². The fraction of sp³-hybridized carbons (Fsp3) is 0.308. The first-order valence-corrected chi connectivity index (χ1v) is 11.1. The molecule has 3 aromatic rings. The van der Waals surface area contributed by atoms with Gasteiger partial charge in [0.25, 0.3) is 5.91 Å². The number of Topliss-reactive ketones (excluding diaryl/α,β-unsaturated/α-hetero) is 1. The molecule has 0 spiro atoms. The zero-order valence-electron chi connectivity index (χ0n) is 19.1. The second-order valence-corrected chi connectivity index (χ2v) is 8.30. The number of carbonyl (C=O) groups is 2. The molecule has 0 bridgehead atoms. The van der Waals surface area contributed by atoms with Gasteiger partial charge in [-0.1, -0.05) is 30.3 Å². The summed E-state index contributed by atoms with van der Waals surface area (Å²) in [6.07, 6.45) is 0.700. The second kappa shape index (κ2) is 9.50. The van der Waals surface area contributed by atoms with Crippen LogP contribution in [0.25, 0.3) is 11.0 Å². The van der Waals surface area contributed by atoms with Crippen molar-refractivity contribution in [1.29, 1.82) is 0 Å². The molecule has 4 rings (SSSR count). The Morgan fingerprint density at radius 3 is 2.55 bits per heavy atom. The molecule has 172 valence electrons. The number of para-hydroxylation sites is 1. The van der Waals surface area contributed by atoms with Crippen molar-refractivity contribution in [2.75, 3.05) is 33.8 Å². The maximum absolute atomic E-state index is 13.5. The lowest BCUT2D eigenvalue weighted by molar-refractivity contribution is -0.129. The zero-order valence-corrected chi connectivity index (χ0v) is 19.1. The number of ether oxygens (including phenoxy) is 1. The van der Waals surface area contributed by atoms with Gasteiger partial charge in [-0.2, -0.15) is 0 Å². The van der Waals surface area contributed by atoms with E-state index in [9.17, 15) is 14.7 Å². The van der Waals surface area contributed by atoms with Gasteiger partial charge < -0.3 is 24.1 Å². The Hall–Kier alpha value is -3.58. The molecule has 0 radical (unpaired) electrons. The summed E-state index contributed by atoms with van der Waals surface area (Å²) < 4.78 is 11.3. The van der Waals surface area contributed by atoms with Crippen LogP contribution >= 0.6 is 0 Å². The van der Waals surface area contributed by atoms with Crippen LogP contribution in [0.15, 0.2) is 70.3 Å². The van der Waals surface area contributed by atoms with Crippen LogP contribution in [-0.4, -0.2) is 60.4 Å². The number of furan rings is 1. The Morgan fingerprint density at radius 1 is 1.15 bits per heavy atom. The van der Waals surface area contributed by atoms with E-state index < -0.39 is 23.5 Å². The largest absolute Gasteiger partial charge is 0.503 e. The van der Waals surface area contributed by atoms with Gasteiger partial charge in [0, 0.05) is 11.9 Å². The number of benzene rings is 2. The minimum absolute atomic E-state index is 0.0352. The Kier molecular flexibility index (Phi) is 6.51.